The van der Waals surface area contributed by atoms with Gasteiger partial charge in [-0.05, 0) is 12.1 Å². The van der Waals surface area contributed by atoms with Gasteiger partial charge in [0.05, 0.1) is 0 Å². The topological polar surface area (TPSA) is 106 Å². The normalized spacial score (nSPS) is 13.2. The van der Waals surface area contributed by atoms with Gasteiger partial charge in [-0.15, -0.1) is 0 Å². The molecule has 0 aliphatic carbocycles. The first-order valence-corrected chi connectivity index (χ1v) is 7.30. The number of nitrogens with zero attached hydrogens (tertiary/aromatic N) is 2. The summed E-state index contributed by atoms with van der Waals surface area (Å²) < 4.78 is 108. The van der Waals surface area contributed by atoms with E-state index in [1.54, 1.807) is 12.4 Å². The van der Waals surface area contributed by atoms with Crippen molar-refractivity contribution in [3.63, 3.8) is 0 Å². The maximum Gasteiger partial charge on any atom is 0.512 e. The molecule has 0 radical (unpaired) electrons. The average Bonchev–Trinajstić information content (AvgIpc) is 2.27. The first-order chi connectivity index (χ1) is 9.21. The Balaban J connectivity index is 0.000000547. The molecule has 0 saturated heterocycles. The Bertz CT molecular complexity index is 571. The van der Waals surface area contributed by atoms with Crippen LogP contribution in [0.15, 0.2) is 24.5 Å². The quantitative estimate of drug-likeness (QED) is 0.780. The SMILES string of the molecule is O=S(=O)(NS(=O)(=O)C(F)(F)F)C(F)(F)F.c1ccnnc1. The molecule has 1 heterocycles. The van der Waals surface area contributed by atoms with Crippen molar-refractivity contribution in [3.8, 4) is 0 Å². The molecule has 1 rings (SSSR count). The van der Waals surface area contributed by atoms with Gasteiger partial charge >= 0.3 is 31.1 Å². The molecule has 0 fully saturated rings. The maximum absolute atomic E-state index is 11.5. The predicted octanol–water partition coefficient (Wildman–Crippen LogP) is 0.752. The summed E-state index contributed by atoms with van der Waals surface area (Å²) in [4.78, 5) is 0. The lowest BCUT2D eigenvalue weighted by molar-refractivity contribution is -0.0476. The highest BCUT2D eigenvalue weighted by Crippen LogP contribution is 2.27. The summed E-state index contributed by atoms with van der Waals surface area (Å²) in [6.07, 6.45) is 3.28. The summed E-state index contributed by atoms with van der Waals surface area (Å²) in [6, 6.07) is 3.65. The fourth-order valence-electron chi connectivity index (χ4n) is 0.492. The molecule has 1 aromatic rings. The van der Waals surface area contributed by atoms with E-state index in [9.17, 15) is 43.2 Å². The number of nitrogens with one attached hydrogen (secondary N) is 1. The van der Waals surface area contributed by atoms with E-state index in [0.717, 1.165) is 0 Å². The van der Waals surface area contributed by atoms with Crippen LogP contribution in [0, 0.1) is 0 Å². The molecule has 21 heavy (non-hydrogen) atoms. The summed E-state index contributed by atoms with van der Waals surface area (Å²) in [5.41, 5.74) is -12.3. The van der Waals surface area contributed by atoms with E-state index >= 15 is 0 Å². The number of aromatic nitrogens is 2. The van der Waals surface area contributed by atoms with E-state index in [4.69, 9.17) is 0 Å². The molecule has 0 saturated carbocycles. The minimum Gasteiger partial charge on any atom is -0.202 e. The highest BCUT2D eigenvalue weighted by Gasteiger charge is 2.55. The van der Waals surface area contributed by atoms with Crippen LogP contribution in [0.4, 0.5) is 26.3 Å². The molecule has 122 valence electrons. The van der Waals surface area contributed by atoms with Crippen molar-refractivity contribution in [2.24, 2.45) is 0 Å². The molecule has 0 unspecified atom stereocenters. The van der Waals surface area contributed by atoms with Gasteiger partial charge in [-0.1, -0.05) is 4.13 Å². The molecule has 7 nitrogen and oxygen atoms in total. The predicted molar refractivity (Wildman–Crippen MR) is 55.1 cm³/mol. The minimum absolute atomic E-state index is 0.493. The molecule has 0 amide bonds. The van der Waals surface area contributed by atoms with Crippen LogP contribution in [-0.4, -0.2) is 38.0 Å². The molecule has 1 aromatic heterocycles. The van der Waals surface area contributed by atoms with Gasteiger partial charge in [0.2, 0.25) is 0 Å². The molecule has 0 bridgehead atoms. The average molecular weight is 361 g/mol. The van der Waals surface area contributed by atoms with Crippen LogP contribution in [0.25, 0.3) is 0 Å². The lowest BCUT2D eigenvalue weighted by Gasteiger charge is -2.11. The zero-order valence-corrected chi connectivity index (χ0v) is 11.1. The molecule has 0 spiro atoms. The number of halogens is 6. The lowest BCUT2D eigenvalue weighted by atomic mass is 10.6. The van der Waals surface area contributed by atoms with Gasteiger partial charge in [0.25, 0.3) is 0 Å². The van der Waals surface area contributed by atoms with Crippen LogP contribution < -0.4 is 4.13 Å². The monoisotopic (exact) mass is 361 g/mol. The summed E-state index contributed by atoms with van der Waals surface area (Å²) in [5, 5.41) is 7.07. The van der Waals surface area contributed by atoms with Crippen LogP contribution in [0.2, 0.25) is 0 Å². The Labute approximate surface area is 114 Å². The van der Waals surface area contributed by atoms with Gasteiger partial charge in [-0.2, -0.15) is 36.5 Å². The molecule has 0 aliphatic heterocycles. The molecule has 1 N–H and O–H groups in total. The van der Waals surface area contributed by atoms with Crippen LogP contribution in [0.3, 0.4) is 0 Å². The molecule has 0 aliphatic rings. The number of sulfonamides is 2. The van der Waals surface area contributed by atoms with Crippen LogP contribution in [0.5, 0.6) is 0 Å². The van der Waals surface area contributed by atoms with Gasteiger partial charge in [-0.3, -0.25) is 0 Å². The lowest BCUT2D eigenvalue weighted by Crippen LogP contribution is -2.45. The number of hydrogen-bond donors (Lipinski definition) is 1. The summed E-state index contributed by atoms with van der Waals surface area (Å²) in [5.74, 6) is 0. The van der Waals surface area contributed by atoms with E-state index in [-0.39, 0.29) is 0 Å². The van der Waals surface area contributed by atoms with Gasteiger partial charge in [0.1, 0.15) is 0 Å². The van der Waals surface area contributed by atoms with Crippen molar-refractivity contribution in [1.82, 2.24) is 14.3 Å². The van der Waals surface area contributed by atoms with E-state index in [2.05, 4.69) is 10.2 Å². The van der Waals surface area contributed by atoms with Crippen molar-refractivity contribution in [2.45, 2.75) is 11.0 Å². The third-order valence-corrected chi connectivity index (χ3v) is 4.29. The standard InChI is InChI=1S/C4H4N2.C2HF6NO4S2/c1-2-4-6-5-3-1;3-1(4,5)14(10,11)9-15(12,13)2(6,7)8/h1-4H;9H. The number of alkyl halides is 6. The first kappa shape index (κ1) is 19.5. The molecule has 0 atom stereocenters. The van der Waals surface area contributed by atoms with Crippen LogP contribution in [0.1, 0.15) is 0 Å². The fourth-order valence-corrected chi connectivity index (χ4v) is 2.40. The van der Waals surface area contributed by atoms with Crippen molar-refractivity contribution in [2.75, 3.05) is 0 Å². The first-order valence-electron chi connectivity index (χ1n) is 4.33. The zero-order chi connectivity index (χ0) is 16.9. The summed E-state index contributed by atoms with van der Waals surface area (Å²) in [7, 11) is -13.2. The van der Waals surface area contributed by atoms with Gasteiger partial charge < -0.3 is 0 Å². The Kier molecular flexibility index (Phi) is 6.06. The minimum atomic E-state index is -6.60. The molecular weight excluding hydrogens is 356 g/mol. The second-order valence-corrected chi connectivity index (χ2v) is 6.50. The van der Waals surface area contributed by atoms with E-state index in [1.165, 1.54) is 0 Å². The Hall–Kier alpha value is -1.48. The Morgan fingerprint density at radius 2 is 1.00 bits per heavy atom. The summed E-state index contributed by atoms with van der Waals surface area (Å²) >= 11 is 0. The van der Waals surface area contributed by atoms with Crippen molar-refractivity contribution in [1.29, 1.82) is 0 Å². The number of hydrogen-bond acceptors (Lipinski definition) is 6. The van der Waals surface area contributed by atoms with E-state index in [1.807, 2.05) is 12.1 Å². The Morgan fingerprint density at radius 3 is 1.14 bits per heavy atom. The van der Waals surface area contributed by atoms with Crippen LogP contribution in [-0.2, 0) is 20.0 Å². The second-order valence-electron chi connectivity index (χ2n) is 2.90. The fraction of sp³-hybridized carbons (Fsp3) is 0.333. The third kappa shape index (κ3) is 6.21. The maximum atomic E-state index is 11.5. The van der Waals surface area contributed by atoms with Crippen molar-refractivity contribution >= 4 is 20.0 Å². The van der Waals surface area contributed by atoms with E-state index < -0.39 is 35.2 Å². The highest BCUT2D eigenvalue weighted by molar-refractivity contribution is 8.05. The van der Waals surface area contributed by atoms with Crippen molar-refractivity contribution < 1.29 is 43.2 Å². The molecular formula is C6H5F6N3O4S2. The van der Waals surface area contributed by atoms with Gasteiger partial charge in [-0.25, -0.2) is 16.8 Å². The highest BCUT2D eigenvalue weighted by atomic mass is 32.3. The smallest absolute Gasteiger partial charge is 0.202 e. The largest absolute Gasteiger partial charge is 0.512 e. The Morgan fingerprint density at radius 1 is 0.714 bits per heavy atom. The molecule has 15 heteroatoms. The zero-order valence-electron chi connectivity index (χ0n) is 9.42. The summed E-state index contributed by atoms with van der Waals surface area (Å²) in [6.45, 7) is 0. The second kappa shape index (κ2) is 6.52. The van der Waals surface area contributed by atoms with E-state index in [0.29, 0.717) is 0 Å². The third-order valence-electron chi connectivity index (χ3n) is 1.31. The van der Waals surface area contributed by atoms with Crippen LogP contribution >= 0.6 is 0 Å². The molecule has 0 aromatic carbocycles. The van der Waals surface area contributed by atoms with Gasteiger partial charge in [0.15, 0.2) is 0 Å². The number of rotatable bonds is 2. The van der Waals surface area contributed by atoms with Crippen molar-refractivity contribution in [3.05, 3.63) is 24.5 Å². The van der Waals surface area contributed by atoms with Gasteiger partial charge in [0, 0.05) is 12.4 Å².